The van der Waals surface area contributed by atoms with Gasteiger partial charge in [-0.05, 0) is 61.4 Å². The molecule has 0 spiro atoms. The SMILES string of the molecule is Cc1c(Br)cccc1-n1c(C)cc2c1CC(C)(C)CC2N. The number of halogens is 1. The molecule has 112 valence electrons. The molecular formula is C18H23BrN2. The van der Waals surface area contributed by atoms with Gasteiger partial charge in [-0.3, -0.25) is 0 Å². The van der Waals surface area contributed by atoms with E-state index in [4.69, 9.17) is 5.73 Å². The second kappa shape index (κ2) is 4.99. The van der Waals surface area contributed by atoms with Crippen LogP contribution in [0.5, 0.6) is 0 Å². The largest absolute Gasteiger partial charge is 0.324 e. The fourth-order valence-corrected chi connectivity index (χ4v) is 3.98. The Kier molecular flexibility index (Phi) is 3.53. The molecule has 3 rings (SSSR count). The second-order valence-corrected chi connectivity index (χ2v) is 7.91. The van der Waals surface area contributed by atoms with Crippen molar-refractivity contribution in [3.63, 3.8) is 0 Å². The summed E-state index contributed by atoms with van der Waals surface area (Å²) in [5.41, 5.74) is 13.2. The van der Waals surface area contributed by atoms with Gasteiger partial charge in [-0.1, -0.05) is 35.8 Å². The highest BCUT2D eigenvalue weighted by molar-refractivity contribution is 9.10. The summed E-state index contributed by atoms with van der Waals surface area (Å²) in [4.78, 5) is 0. The van der Waals surface area contributed by atoms with Crippen LogP contribution in [0.1, 0.15) is 48.8 Å². The van der Waals surface area contributed by atoms with Crippen molar-refractivity contribution in [1.29, 1.82) is 0 Å². The Bertz CT molecular complexity index is 697. The van der Waals surface area contributed by atoms with E-state index in [0.717, 1.165) is 17.3 Å². The van der Waals surface area contributed by atoms with Crippen LogP contribution in [-0.4, -0.2) is 4.57 Å². The van der Waals surface area contributed by atoms with Crippen LogP contribution in [0.4, 0.5) is 0 Å². The van der Waals surface area contributed by atoms with Gasteiger partial charge in [-0.2, -0.15) is 0 Å². The summed E-state index contributed by atoms with van der Waals surface area (Å²) in [6, 6.07) is 8.82. The van der Waals surface area contributed by atoms with E-state index in [1.54, 1.807) is 0 Å². The average Bonchev–Trinajstić information content (AvgIpc) is 2.69. The molecule has 1 heterocycles. The van der Waals surface area contributed by atoms with Crippen molar-refractivity contribution < 1.29 is 0 Å². The van der Waals surface area contributed by atoms with Gasteiger partial charge in [0.1, 0.15) is 0 Å². The van der Waals surface area contributed by atoms with Gasteiger partial charge in [0.2, 0.25) is 0 Å². The molecule has 0 radical (unpaired) electrons. The first-order valence-electron chi connectivity index (χ1n) is 7.52. The van der Waals surface area contributed by atoms with E-state index in [-0.39, 0.29) is 11.5 Å². The maximum Gasteiger partial charge on any atom is 0.0495 e. The number of hydrogen-bond donors (Lipinski definition) is 1. The number of nitrogens with zero attached hydrogens (tertiary/aromatic N) is 1. The van der Waals surface area contributed by atoms with Gasteiger partial charge < -0.3 is 10.3 Å². The second-order valence-electron chi connectivity index (χ2n) is 7.06. The zero-order valence-corrected chi connectivity index (χ0v) is 14.8. The third kappa shape index (κ3) is 2.47. The van der Waals surface area contributed by atoms with Crippen LogP contribution >= 0.6 is 15.9 Å². The topological polar surface area (TPSA) is 30.9 Å². The third-order valence-corrected chi connectivity index (χ3v) is 5.48. The molecule has 3 heteroatoms. The zero-order valence-electron chi connectivity index (χ0n) is 13.2. The highest BCUT2D eigenvalue weighted by Crippen LogP contribution is 2.42. The fraction of sp³-hybridized carbons (Fsp3) is 0.444. The molecule has 0 fully saturated rings. The van der Waals surface area contributed by atoms with Gasteiger partial charge in [0.05, 0.1) is 0 Å². The summed E-state index contributed by atoms with van der Waals surface area (Å²) in [6.45, 7) is 8.98. The molecule has 1 atom stereocenters. The zero-order chi connectivity index (χ0) is 15.4. The molecule has 0 saturated carbocycles. The Morgan fingerprint density at radius 2 is 2.00 bits per heavy atom. The van der Waals surface area contributed by atoms with Gasteiger partial charge in [0, 0.05) is 27.6 Å². The number of aryl methyl sites for hydroxylation is 1. The molecular weight excluding hydrogens is 324 g/mol. The Morgan fingerprint density at radius 1 is 1.29 bits per heavy atom. The standard InChI is InChI=1S/C18H23BrN2/c1-11-8-13-15(20)9-18(3,4)10-17(13)21(11)16-7-5-6-14(19)12(16)2/h5-8,15H,9-10,20H2,1-4H3. The number of hydrogen-bond acceptors (Lipinski definition) is 1. The number of benzene rings is 1. The third-order valence-electron chi connectivity index (χ3n) is 4.62. The predicted octanol–water partition coefficient (Wildman–Crippen LogP) is 4.83. The first kappa shape index (κ1) is 14.9. The van der Waals surface area contributed by atoms with Crippen LogP contribution in [0.3, 0.4) is 0 Å². The lowest BCUT2D eigenvalue weighted by Gasteiger charge is -2.34. The molecule has 1 aliphatic carbocycles. The number of aromatic nitrogens is 1. The molecule has 0 bridgehead atoms. The van der Waals surface area contributed by atoms with Crippen LogP contribution in [0.15, 0.2) is 28.7 Å². The predicted molar refractivity (Wildman–Crippen MR) is 92.0 cm³/mol. The highest BCUT2D eigenvalue weighted by Gasteiger charge is 2.33. The van der Waals surface area contributed by atoms with Crippen molar-refractivity contribution in [3.8, 4) is 5.69 Å². The minimum atomic E-state index is 0.149. The van der Waals surface area contributed by atoms with Crippen molar-refractivity contribution in [2.75, 3.05) is 0 Å². The van der Waals surface area contributed by atoms with Gasteiger partial charge >= 0.3 is 0 Å². The van der Waals surface area contributed by atoms with Crippen molar-refractivity contribution in [2.45, 2.75) is 46.6 Å². The van der Waals surface area contributed by atoms with Crippen molar-refractivity contribution in [3.05, 3.63) is 51.3 Å². The minimum absolute atomic E-state index is 0.149. The Morgan fingerprint density at radius 3 is 2.71 bits per heavy atom. The lowest BCUT2D eigenvalue weighted by atomic mass is 9.74. The van der Waals surface area contributed by atoms with Gasteiger partial charge in [-0.25, -0.2) is 0 Å². The molecule has 0 amide bonds. The lowest BCUT2D eigenvalue weighted by molar-refractivity contribution is 0.278. The lowest BCUT2D eigenvalue weighted by Crippen LogP contribution is -2.30. The van der Waals surface area contributed by atoms with Crippen LogP contribution < -0.4 is 5.73 Å². The monoisotopic (exact) mass is 346 g/mol. The number of fused-ring (bicyclic) bond motifs is 1. The molecule has 2 nitrogen and oxygen atoms in total. The van der Waals surface area contributed by atoms with E-state index in [0.29, 0.717) is 0 Å². The van der Waals surface area contributed by atoms with Crippen molar-refractivity contribution >= 4 is 15.9 Å². The van der Waals surface area contributed by atoms with E-state index in [1.165, 1.54) is 28.2 Å². The fourth-order valence-electron chi connectivity index (χ4n) is 3.62. The van der Waals surface area contributed by atoms with E-state index in [2.05, 4.69) is 72.5 Å². The van der Waals surface area contributed by atoms with Crippen molar-refractivity contribution in [1.82, 2.24) is 4.57 Å². The molecule has 2 N–H and O–H groups in total. The number of rotatable bonds is 1. The molecule has 1 aromatic heterocycles. The Balaban J connectivity index is 2.24. The average molecular weight is 347 g/mol. The Labute approximate surface area is 135 Å². The maximum atomic E-state index is 6.43. The van der Waals surface area contributed by atoms with Crippen LogP contribution in [0, 0.1) is 19.3 Å². The van der Waals surface area contributed by atoms with Crippen LogP contribution in [0.2, 0.25) is 0 Å². The highest BCUT2D eigenvalue weighted by atomic mass is 79.9. The van der Waals surface area contributed by atoms with Gasteiger partial charge in [0.15, 0.2) is 0 Å². The van der Waals surface area contributed by atoms with Crippen LogP contribution in [0.25, 0.3) is 5.69 Å². The first-order chi connectivity index (χ1) is 9.80. The van der Waals surface area contributed by atoms with E-state index >= 15 is 0 Å². The molecule has 0 aliphatic heterocycles. The normalized spacial score (nSPS) is 20.4. The molecule has 1 aromatic carbocycles. The summed E-state index contributed by atoms with van der Waals surface area (Å²) >= 11 is 3.65. The van der Waals surface area contributed by atoms with E-state index < -0.39 is 0 Å². The van der Waals surface area contributed by atoms with Gasteiger partial charge in [0.25, 0.3) is 0 Å². The Hall–Kier alpha value is -1.06. The van der Waals surface area contributed by atoms with Gasteiger partial charge in [-0.15, -0.1) is 0 Å². The van der Waals surface area contributed by atoms with Crippen LogP contribution in [-0.2, 0) is 6.42 Å². The summed E-state index contributed by atoms with van der Waals surface area (Å²) in [7, 11) is 0. The van der Waals surface area contributed by atoms with E-state index in [9.17, 15) is 0 Å². The minimum Gasteiger partial charge on any atom is -0.324 e. The molecule has 1 unspecified atom stereocenters. The molecule has 1 aliphatic rings. The van der Waals surface area contributed by atoms with E-state index in [1.807, 2.05) is 0 Å². The first-order valence-corrected chi connectivity index (χ1v) is 8.32. The summed E-state index contributed by atoms with van der Waals surface area (Å²) < 4.78 is 3.55. The summed E-state index contributed by atoms with van der Waals surface area (Å²) in [6.07, 6.45) is 2.14. The molecule has 2 aromatic rings. The molecule has 21 heavy (non-hydrogen) atoms. The maximum absolute atomic E-state index is 6.43. The summed E-state index contributed by atoms with van der Waals surface area (Å²) in [5, 5.41) is 0. The smallest absolute Gasteiger partial charge is 0.0495 e. The van der Waals surface area contributed by atoms with Crippen molar-refractivity contribution in [2.24, 2.45) is 11.1 Å². The quantitative estimate of drug-likeness (QED) is 0.787. The molecule has 0 saturated heterocycles. The summed E-state index contributed by atoms with van der Waals surface area (Å²) in [5.74, 6) is 0. The number of nitrogens with two attached hydrogens (primary N) is 1.